The zero-order valence-corrected chi connectivity index (χ0v) is 27.7. The molecule has 0 spiro atoms. The standard InChI is InChI=1S/C38H58N2O2/c1-9-38-19-14-29-34(6)16-15-30(41)33(4,5)28(34)13-17-35(29,7)36(38,8)20-21-37(18-12-27(25(2)3)31(37)38)32(42)40-24-26-11-10-22-39-23-26/h10-11,22-23,27-31,41H,2,9,12-21,24H2,1,3-8H3,(H,40,42)/t27-,28?,29?,30?,31?,34-,35?,36-,37?,38?/m0/s1. The molecule has 2 N–H and O–H groups in total. The van der Waals surface area contributed by atoms with Crippen LogP contribution >= 0.6 is 0 Å². The number of nitrogens with one attached hydrogen (secondary N) is 1. The molecule has 5 saturated carbocycles. The van der Waals surface area contributed by atoms with Gasteiger partial charge in [0.05, 0.1) is 11.5 Å². The third-order valence-electron chi connectivity index (χ3n) is 15.7. The smallest absolute Gasteiger partial charge is 0.226 e. The lowest BCUT2D eigenvalue weighted by Crippen LogP contribution is -2.71. The number of hydrogen-bond donors (Lipinski definition) is 2. The number of carbonyl (C=O) groups is 1. The molecule has 0 saturated heterocycles. The molecule has 0 radical (unpaired) electrons. The predicted molar refractivity (Wildman–Crippen MR) is 170 cm³/mol. The van der Waals surface area contributed by atoms with Crippen LogP contribution in [0.2, 0.25) is 0 Å². The number of aliphatic hydroxyl groups excluding tert-OH is 1. The topological polar surface area (TPSA) is 62.2 Å². The summed E-state index contributed by atoms with van der Waals surface area (Å²) in [5.74, 6) is 2.26. The SMILES string of the molecule is C=C(C)[C@@H]1CCC2(C(=O)NCc3cccnc3)CC[C@@]3(C)C4(C)CCC5C(C)(C)C(O)CC[C@]5(C)C4CCC3(CC)C12. The summed E-state index contributed by atoms with van der Waals surface area (Å²) in [6.07, 6.45) is 15.8. The van der Waals surface area contributed by atoms with E-state index in [2.05, 4.69) is 71.4 Å². The van der Waals surface area contributed by atoms with Crippen molar-refractivity contribution in [1.82, 2.24) is 10.3 Å². The van der Waals surface area contributed by atoms with Gasteiger partial charge in [-0.25, -0.2) is 0 Å². The highest BCUT2D eigenvalue weighted by molar-refractivity contribution is 5.84. The van der Waals surface area contributed by atoms with Crippen molar-refractivity contribution in [3.05, 3.63) is 42.2 Å². The molecule has 4 heteroatoms. The molecule has 5 fully saturated rings. The highest BCUT2D eigenvalue weighted by atomic mass is 16.3. The van der Waals surface area contributed by atoms with Crippen molar-refractivity contribution >= 4 is 5.91 Å². The van der Waals surface area contributed by atoms with Gasteiger partial charge >= 0.3 is 0 Å². The average molecular weight is 575 g/mol. The Morgan fingerprint density at radius 1 is 1.00 bits per heavy atom. The molecule has 1 amide bonds. The molecule has 1 aromatic heterocycles. The van der Waals surface area contributed by atoms with Crippen LogP contribution in [0.3, 0.4) is 0 Å². The molecule has 5 aliphatic carbocycles. The number of aromatic nitrogens is 1. The Morgan fingerprint density at radius 3 is 2.40 bits per heavy atom. The zero-order valence-electron chi connectivity index (χ0n) is 27.7. The molecule has 232 valence electrons. The van der Waals surface area contributed by atoms with E-state index in [9.17, 15) is 9.90 Å². The van der Waals surface area contributed by atoms with Gasteiger partial charge in [0.1, 0.15) is 0 Å². The van der Waals surface area contributed by atoms with Gasteiger partial charge in [-0.3, -0.25) is 9.78 Å². The fraction of sp³-hybridized carbons (Fsp3) is 0.789. The van der Waals surface area contributed by atoms with Crippen LogP contribution in [-0.2, 0) is 11.3 Å². The van der Waals surface area contributed by atoms with Crippen molar-refractivity contribution in [2.45, 2.75) is 132 Å². The second-order valence-corrected chi connectivity index (χ2v) is 17.0. The minimum atomic E-state index is -0.317. The molecule has 4 nitrogen and oxygen atoms in total. The summed E-state index contributed by atoms with van der Waals surface area (Å²) in [5, 5.41) is 14.5. The van der Waals surface area contributed by atoms with Crippen molar-refractivity contribution in [1.29, 1.82) is 0 Å². The number of pyridine rings is 1. The van der Waals surface area contributed by atoms with Gasteiger partial charge in [0.25, 0.3) is 0 Å². The van der Waals surface area contributed by atoms with Gasteiger partial charge in [-0.05, 0) is 140 Å². The van der Waals surface area contributed by atoms with Gasteiger partial charge in [0.2, 0.25) is 5.91 Å². The van der Waals surface area contributed by atoms with E-state index in [1.165, 1.54) is 31.3 Å². The number of aliphatic hydroxyl groups is 1. The number of rotatable bonds is 5. The summed E-state index contributed by atoms with van der Waals surface area (Å²) in [7, 11) is 0. The number of hydrogen-bond acceptors (Lipinski definition) is 3. The average Bonchev–Trinajstić information content (AvgIpc) is 3.37. The van der Waals surface area contributed by atoms with Crippen molar-refractivity contribution in [3.8, 4) is 0 Å². The molecular weight excluding hydrogens is 516 g/mol. The minimum Gasteiger partial charge on any atom is -0.393 e. The lowest BCUT2D eigenvalue weighted by atomic mass is 9.28. The van der Waals surface area contributed by atoms with Gasteiger partial charge in [0.15, 0.2) is 0 Å². The Kier molecular flexibility index (Phi) is 7.16. The molecule has 10 atom stereocenters. The number of allylic oxidation sites excluding steroid dienone is 1. The van der Waals surface area contributed by atoms with Crippen LogP contribution in [-0.4, -0.2) is 22.1 Å². The lowest BCUT2D eigenvalue weighted by Gasteiger charge is -2.76. The van der Waals surface area contributed by atoms with E-state index in [1.807, 2.05) is 12.3 Å². The Balaban J connectivity index is 1.40. The van der Waals surface area contributed by atoms with Gasteiger partial charge in [0, 0.05) is 18.9 Å². The van der Waals surface area contributed by atoms with E-state index in [1.54, 1.807) is 6.20 Å². The van der Waals surface area contributed by atoms with E-state index in [-0.39, 0.29) is 44.5 Å². The fourth-order valence-electron chi connectivity index (χ4n) is 13.5. The summed E-state index contributed by atoms with van der Waals surface area (Å²) in [6, 6.07) is 4.01. The van der Waals surface area contributed by atoms with Crippen LogP contribution in [0.1, 0.15) is 125 Å². The predicted octanol–water partition coefficient (Wildman–Crippen LogP) is 8.50. The molecule has 6 rings (SSSR count). The van der Waals surface area contributed by atoms with E-state index in [0.717, 1.165) is 50.5 Å². The molecule has 0 aliphatic heterocycles. The minimum absolute atomic E-state index is 0.0287. The molecule has 0 aromatic carbocycles. The zero-order chi connectivity index (χ0) is 30.3. The molecule has 7 unspecified atom stereocenters. The van der Waals surface area contributed by atoms with Crippen molar-refractivity contribution in [3.63, 3.8) is 0 Å². The van der Waals surface area contributed by atoms with Gasteiger partial charge in [-0.1, -0.05) is 59.8 Å². The summed E-state index contributed by atoms with van der Waals surface area (Å²) in [6.45, 7) is 22.5. The maximum absolute atomic E-state index is 14.5. The monoisotopic (exact) mass is 574 g/mol. The lowest BCUT2D eigenvalue weighted by molar-refractivity contribution is -0.281. The highest BCUT2D eigenvalue weighted by Crippen LogP contribution is 2.82. The maximum Gasteiger partial charge on any atom is 0.226 e. The Hall–Kier alpha value is -1.68. The van der Waals surface area contributed by atoms with Crippen molar-refractivity contribution in [2.75, 3.05) is 0 Å². The van der Waals surface area contributed by atoms with Crippen LogP contribution in [0.5, 0.6) is 0 Å². The van der Waals surface area contributed by atoms with Crippen LogP contribution in [0.25, 0.3) is 0 Å². The number of fused-ring (bicyclic) bond motifs is 7. The van der Waals surface area contributed by atoms with E-state index in [4.69, 9.17) is 0 Å². The van der Waals surface area contributed by atoms with Crippen LogP contribution in [0, 0.1) is 56.2 Å². The van der Waals surface area contributed by atoms with Crippen LogP contribution in [0.15, 0.2) is 36.7 Å². The van der Waals surface area contributed by atoms with Gasteiger partial charge in [-0.15, -0.1) is 0 Å². The molecule has 0 bridgehead atoms. The largest absolute Gasteiger partial charge is 0.393 e. The van der Waals surface area contributed by atoms with E-state index >= 15 is 0 Å². The fourth-order valence-corrected chi connectivity index (χ4v) is 13.5. The van der Waals surface area contributed by atoms with Crippen LogP contribution in [0.4, 0.5) is 0 Å². The Labute approximate surface area is 255 Å². The highest BCUT2D eigenvalue weighted by Gasteiger charge is 2.76. The number of amides is 1. The second-order valence-electron chi connectivity index (χ2n) is 17.0. The molecular formula is C38H58N2O2. The van der Waals surface area contributed by atoms with E-state index in [0.29, 0.717) is 30.2 Å². The van der Waals surface area contributed by atoms with Crippen molar-refractivity contribution < 1.29 is 9.90 Å². The summed E-state index contributed by atoms with van der Waals surface area (Å²) in [5.41, 5.74) is 2.78. The maximum atomic E-state index is 14.5. The Bertz CT molecular complexity index is 1230. The van der Waals surface area contributed by atoms with Crippen molar-refractivity contribution in [2.24, 2.45) is 56.2 Å². The van der Waals surface area contributed by atoms with Gasteiger partial charge < -0.3 is 10.4 Å². The van der Waals surface area contributed by atoms with Gasteiger partial charge in [-0.2, -0.15) is 0 Å². The number of carbonyl (C=O) groups excluding carboxylic acids is 1. The first kappa shape index (κ1) is 30.4. The first-order chi connectivity index (χ1) is 19.7. The number of nitrogens with zero attached hydrogens (tertiary/aromatic N) is 1. The molecule has 1 heterocycles. The summed E-state index contributed by atoms with van der Waals surface area (Å²) >= 11 is 0. The quantitative estimate of drug-likeness (QED) is 0.347. The normalized spacial score (nSPS) is 47.4. The second kappa shape index (κ2) is 9.91. The molecule has 42 heavy (non-hydrogen) atoms. The summed E-state index contributed by atoms with van der Waals surface area (Å²) < 4.78 is 0. The summed E-state index contributed by atoms with van der Waals surface area (Å²) in [4.78, 5) is 18.8. The third-order valence-corrected chi connectivity index (χ3v) is 15.7. The first-order valence-electron chi connectivity index (χ1n) is 17.2. The third kappa shape index (κ3) is 3.75. The Morgan fingerprint density at radius 2 is 1.74 bits per heavy atom. The molecule has 5 aliphatic rings. The first-order valence-corrected chi connectivity index (χ1v) is 17.2. The van der Waals surface area contributed by atoms with E-state index < -0.39 is 0 Å². The van der Waals surface area contributed by atoms with Crippen LogP contribution < -0.4 is 5.32 Å². The molecule has 1 aromatic rings.